The van der Waals surface area contributed by atoms with Gasteiger partial charge in [0.2, 0.25) is 0 Å². The van der Waals surface area contributed by atoms with Crippen LogP contribution in [0.25, 0.3) is 0 Å². The Morgan fingerprint density at radius 3 is 2.64 bits per heavy atom. The highest BCUT2D eigenvalue weighted by molar-refractivity contribution is 6.48. The standard InChI is InChI=1S/C9H7Cl3O2/c10-6-1-2-7(9(12)8(6)11)14-4-5-3-13-5/h1-2,5H,3-4H2. The summed E-state index contributed by atoms with van der Waals surface area (Å²) in [6.07, 6.45) is 0.195. The van der Waals surface area contributed by atoms with E-state index in [4.69, 9.17) is 44.3 Å². The SMILES string of the molecule is Clc1ccc(OCC2CO2)c(Cl)c1Cl. The van der Waals surface area contributed by atoms with Crippen LogP contribution in [0, 0.1) is 0 Å². The molecule has 76 valence electrons. The Labute approximate surface area is 96.7 Å². The van der Waals surface area contributed by atoms with Gasteiger partial charge in [0.1, 0.15) is 23.5 Å². The molecule has 0 amide bonds. The number of hydrogen-bond donors (Lipinski definition) is 0. The van der Waals surface area contributed by atoms with Crippen LogP contribution in [0.5, 0.6) is 5.75 Å². The van der Waals surface area contributed by atoms with E-state index < -0.39 is 0 Å². The van der Waals surface area contributed by atoms with Gasteiger partial charge in [-0.25, -0.2) is 0 Å². The zero-order valence-corrected chi connectivity index (χ0v) is 9.36. The summed E-state index contributed by atoms with van der Waals surface area (Å²) in [7, 11) is 0. The molecular formula is C9H7Cl3O2. The predicted octanol–water partition coefficient (Wildman–Crippen LogP) is 3.42. The van der Waals surface area contributed by atoms with Gasteiger partial charge < -0.3 is 9.47 Å². The summed E-state index contributed by atoms with van der Waals surface area (Å²) >= 11 is 17.5. The number of ether oxygens (including phenoxy) is 2. The molecule has 0 bridgehead atoms. The van der Waals surface area contributed by atoms with Gasteiger partial charge in [0.05, 0.1) is 16.7 Å². The molecule has 1 aliphatic heterocycles. The van der Waals surface area contributed by atoms with E-state index in [-0.39, 0.29) is 6.10 Å². The summed E-state index contributed by atoms with van der Waals surface area (Å²) in [5, 5.41) is 1.09. The minimum Gasteiger partial charge on any atom is -0.489 e. The van der Waals surface area contributed by atoms with Crippen molar-refractivity contribution in [2.45, 2.75) is 6.10 Å². The molecule has 1 atom stereocenters. The molecule has 5 heteroatoms. The van der Waals surface area contributed by atoms with Crippen LogP contribution in [0.15, 0.2) is 12.1 Å². The van der Waals surface area contributed by atoms with Gasteiger partial charge in [-0.2, -0.15) is 0 Å². The normalized spacial score (nSPS) is 19.5. The maximum Gasteiger partial charge on any atom is 0.139 e. The van der Waals surface area contributed by atoms with Gasteiger partial charge in [0, 0.05) is 0 Å². The summed E-state index contributed by atoms with van der Waals surface area (Å²) in [5.41, 5.74) is 0. The molecule has 1 heterocycles. The number of hydrogen-bond acceptors (Lipinski definition) is 2. The van der Waals surface area contributed by atoms with E-state index in [2.05, 4.69) is 0 Å². The van der Waals surface area contributed by atoms with E-state index in [1.165, 1.54) is 0 Å². The molecule has 1 fully saturated rings. The van der Waals surface area contributed by atoms with Gasteiger partial charge in [-0.15, -0.1) is 0 Å². The molecule has 1 aromatic carbocycles. The second kappa shape index (κ2) is 4.15. The highest BCUT2D eigenvalue weighted by atomic mass is 35.5. The molecular weight excluding hydrogens is 246 g/mol. The van der Waals surface area contributed by atoms with Crippen molar-refractivity contribution in [3.8, 4) is 5.75 Å². The molecule has 1 saturated heterocycles. The second-order valence-corrected chi connectivity index (χ2v) is 4.10. The van der Waals surface area contributed by atoms with Crippen LogP contribution < -0.4 is 4.74 Å². The molecule has 0 spiro atoms. The maximum absolute atomic E-state index is 5.92. The zero-order chi connectivity index (χ0) is 10.1. The minimum absolute atomic E-state index is 0.195. The van der Waals surface area contributed by atoms with Crippen molar-refractivity contribution in [3.63, 3.8) is 0 Å². The van der Waals surface area contributed by atoms with Crippen molar-refractivity contribution < 1.29 is 9.47 Å². The highest BCUT2D eigenvalue weighted by Crippen LogP contribution is 2.37. The summed E-state index contributed by atoms with van der Waals surface area (Å²) in [6.45, 7) is 1.25. The average Bonchev–Trinajstić information content (AvgIpc) is 2.97. The highest BCUT2D eigenvalue weighted by Gasteiger charge is 2.23. The van der Waals surface area contributed by atoms with Gasteiger partial charge in [-0.05, 0) is 12.1 Å². The first-order chi connectivity index (χ1) is 6.68. The molecule has 14 heavy (non-hydrogen) atoms. The van der Waals surface area contributed by atoms with Crippen molar-refractivity contribution >= 4 is 34.8 Å². The lowest BCUT2D eigenvalue weighted by Crippen LogP contribution is -2.04. The average molecular weight is 254 g/mol. The quantitative estimate of drug-likeness (QED) is 0.608. The van der Waals surface area contributed by atoms with Gasteiger partial charge >= 0.3 is 0 Å². The van der Waals surface area contributed by atoms with Gasteiger partial charge in [-0.1, -0.05) is 34.8 Å². The fourth-order valence-electron chi connectivity index (χ4n) is 0.967. The van der Waals surface area contributed by atoms with Gasteiger partial charge in [0.25, 0.3) is 0 Å². The number of halogens is 3. The third-order valence-corrected chi connectivity index (χ3v) is 3.10. The third-order valence-electron chi connectivity index (χ3n) is 1.83. The Bertz CT molecular complexity index is 350. The van der Waals surface area contributed by atoms with Crippen LogP contribution >= 0.6 is 34.8 Å². The smallest absolute Gasteiger partial charge is 0.139 e. The first-order valence-corrected chi connectivity index (χ1v) is 5.20. The van der Waals surface area contributed by atoms with Crippen molar-refractivity contribution in [3.05, 3.63) is 27.2 Å². The lowest BCUT2D eigenvalue weighted by molar-refractivity contribution is 0.263. The number of epoxide rings is 1. The molecule has 2 nitrogen and oxygen atoms in total. The Balaban J connectivity index is 2.11. The fraction of sp³-hybridized carbons (Fsp3) is 0.333. The van der Waals surface area contributed by atoms with E-state index in [0.29, 0.717) is 27.4 Å². The molecule has 1 aromatic rings. The van der Waals surface area contributed by atoms with E-state index in [0.717, 1.165) is 6.61 Å². The first-order valence-electron chi connectivity index (χ1n) is 4.06. The predicted molar refractivity (Wildman–Crippen MR) is 56.7 cm³/mol. The van der Waals surface area contributed by atoms with Crippen LogP contribution in [-0.4, -0.2) is 19.3 Å². The van der Waals surface area contributed by atoms with Gasteiger partial charge in [0.15, 0.2) is 0 Å². The summed E-state index contributed by atoms with van der Waals surface area (Å²) in [4.78, 5) is 0. The Morgan fingerprint density at radius 2 is 2.00 bits per heavy atom. The zero-order valence-electron chi connectivity index (χ0n) is 7.10. The third kappa shape index (κ3) is 2.26. The molecule has 0 radical (unpaired) electrons. The van der Waals surface area contributed by atoms with Gasteiger partial charge in [-0.3, -0.25) is 0 Å². The molecule has 2 rings (SSSR count). The van der Waals surface area contributed by atoms with Crippen LogP contribution in [0.4, 0.5) is 0 Å². The lowest BCUT2D eigenvalue weighted by Gasteiger charge is -2.08. The van der Waals surface area contributed by atoms with Crippen molar-refractivity contribution in [1.29, 1.82) is 0 Å². The molecule has 1 aliphatic rings. The molecule has 0 saturated carbocycles. The van der Waals surface area contributed by atoms with E-state index in [1.807, 2.05) is 0 Å². The topological polar surface area (TPSA) is 21.8 Å². The summed E-state index contributed by atoms with van der Waals surface area (Å²) in [5.74, 6) is 0.538. The molecule has 1 unspecified atom stereocenters. The van der Waals surface area contributed by atoms with Crippen molar-refractivity contribution in [2.24, 2.45) is 0 Å². The molecule has 0 aromatic heterocycles. The largest absolute Gasteiger partial charge is 0.489 e. The Hall–Kier alpha value is -0.150. The lowest BCUT2D eigenvalue weighted by atomic mass is 10.3. The van der Waals surface area contributed by atoms with E-state index in [1.54, 1.807) is 12.1 Å². The van der Waals surface area contributed by atoms with Crippen LogP contribution in [-0.2, 0) is 4.74 Å². The van der Waals surface area contributed by atoms with Crippen LogP contribution in [0.1, 0.15) is 0 Å². The van der Waals surface area contributed by atoms with Crippen molar-refractivity contribution in [2.75, 3.05) is 13.2 Å². The van der Waals surface area contributed by atoms with E-state index >= 15 is 0 Å². The molecule has 0 aliphatic carbocycles. The maximum atomic E-state index is 5.92. The summed E-state index contributed by atoms with van der Waals surface area (Å²) in [6, 6.07) is 3.35. The van der Waals surface area contributed by atoms with Crippen molar-refractivity contribution in [1.82, 2.24) is 0 Å². The first kappa shape index (κ1) is 10.4. The van der Waals surface area contributed by atoms with Crippen LogP contribution in [0.2, 0.25) is 15.1 Å². The monoisotopic (exact) mass is 252 g/mol. The number of benzene rings is 1. The number of rotatable bonds is 3. The molecule has 0 N–H and O–H groups in total. The second-order valence-electron chi connectivity index (χ2n) is 2.94. The Kier molecular flexibility index (Phi) is 3.07. The summed E-state index contributed by atoms with van der Waals surface area (Å²) < 4.78 is 10.4. The minimum atomic E-state index is 0.195. The Morgan fingerprint density at radius 1 is 1.29 bits per heavy atom. The van der Waals surface area contributed by atoms with E-state index in [9.17, 15) is 0 Å². The van der Waals surface area contributed by atoms with Crippen LogP contribution in [0.3, 0.4) is 0 Å². The fourth-order valence-corrected chi connectivity index (χ4v) is 1.55.